The summed E-state index contributed by atoms with van der Waals surface area (Å²) in [6.07, 6.45) is 2.82. The first-order chi connectivity index (χ1) is 10.3. The number of benzene rings is 1. The topological polar surface area (TPSA) is 28.4 Å². The van der Waals surface area contributed by atoms with Gasteiger partial charge in [-0.05, 0) is 37.9 Å². The van der Waals surface area contributed by atoms with E-state index >= 15 is 0 Å². The van der Waals surface area contributed by atoms with Gasteiger partial charge in [-0.1, -0.05) is 32.0 Å². The number of nitrogens with one attached hydrogen (secondary N) is 1. The summed E-state index contributed by atoms with van der Waals surface area (Å²) in [5.41, 5.74) is 2.39. The third kappa shape index (κ3) is 3.47. The van der Waals surface area contributed by atoms with E-state index in [4.69, 9.17) is 4.42 Å². The van der Waals surface area contributed by atoms with Crippen LogP contribution < -0.4 is 5.32 Å². The molecule has 1 aromatic carbocycles. The van der Waals surface area contributed by atoms with E-state index in [9.17, 15) is 0 Å². The smallest absolute Gasteiger partial charge is 0.134 e. The SMILES string of the molecule is CCNCc1oc2ccccc2c1CN(CC)CC1CC1. The molecule has 0 atom stereocenters. The van der Waals surface area contributed by atoms with E-state index < -0.39 is 0 Å². The molecule has 1 aromatic heterocycles. The number of para-hydroxylation sites is 1. The number of hydrogen-bond donors (Lipinski definition) is 1. The molecule has 3 rings (SSSR count). The molecule has 1 N–H and O–H groups in total. The summed E-state index contributed by atoms with van der Waals surface area (Å²) in [5.74, 6) is 2.03. The molecule has 1 saturated carbocycles. The summed E-state index contributed by atoms with van der Waals surface area (Å²) in [6, 6.07) is 8.42. The molecule has 3 nitrogen and oxygen atoms in total. The zero-order valence-corrected chi connectivity index (χ0v) is 13.2. The van der Waals surface area contributed by atoms with Crippen LogP contribution in [0, 0.1) is 5.92 Å². The lowest BCUT2D eigenvalue weighted by Crippen LogP contribution is -2.26. The Morgan fingerprint density at radius 3 is 2.76 bits per heavy atom. The van der Waals surface area contributed by atoms with Crippen LogP contribution in [-0.4, -0.2) is 24.5 Å². The summed E-state index contributed by atoms with van der Waals surface area (Å²) in [5, 5.41) is 4.68. The van der Waals surface area contributed by atoms with Crippen LogP contribution in [0.5, 0.6) is 0 Å². The van der Waals surface area contributed by atoms with E-state index in [1.165, 1.54) is 30.3 Å². The Morgan fingerprint density at radius 1 is 1.24 bits per heavy atom. The van der Waals surface area contributed by atoms with Crippen molar-refractivity contribution in [2.24, 2.45) is 5.92 Å². The number of nitrogens with zero attached hydrogens (tertiary/aromatic N) is 1. The van der Waals surface area contributed by atoms with Crippen molar-refractivity contribution in [3.05, 3.63) is 35.6 Å². The fourth-order valence-electron chi connectivity index (χ4n) is 2.90. The molecule has 1 aliphatic carbocycles. The second kappa shape index (κ2) is 6.63. The maximum Gasteiger partial charge on any atom is 0.134 e. The number of fused-ring (bicyclic) bond motifs is 1. The Labute approximate surface area is 127 Å². The van der Waals surface area contributed by atoms with Gasteiger partial charge in [-0.15, -0.1) is 0 Å². The van der Waals surface area contributed by atoms with Gasteiger partial charge in [0, 0.05) is 24.0 Å². The molecule has 1 fully saturated rings. The maximum absolute atomic E-state index is 6.08. The van der Waals surface area contributed by atoms with E-state index in [0.717, 1.165) is 43.4 Å². The van der Waals surface area contributed by atoms with Crippen molar-refractivity contribution in [1.82, 2.24) is 10.2 Å². The third-order valence-corrected chi connectivity index (χ3v) is 4.36. The van der Waals surface area contributed by atoms with Gasteiger partial charge in [0.1, 0.15) is 11.3 Å². The van der Waals surface area contributed by atoms with Crippen LogP contribution in [0.1, 0.15) is 38.0 Å². The highest BCUT2D eigenvalue weighted by Crippen LogP contribution is 2.32. The van der Waals surface area contributed by atoms with E-state index in [1.807, 2.05) is 0 Å². The predicted octanol–water partition coefficient (Wildman–Crippen LogP) is 3.77. The van der Waals surface area contributed by atoms with Crippen molar-refractivity contribution in [3.8, 4) is 0 Å². The monoisotopic (exact) mass is 286 g/mol. The van der Waals surface area contributed by atoms with Crippen LogP contribution in [0.25, 0.3) is 11.0 Å². The molecular formula is C18H26N2O. The second-order valence-electron chi connectivity index (χ2n) is 6.05. The van der Waals surface area contributed by atoms with Crippen LogP contribution in [-0.2, 0) is 13.1 Å². The van der Waals surface area contributed by atoms with Crippen molar-refractivity contribution in [1.29, 1.82) is 0 Å². The van der Waals surface area contributed by atoms with Gasteiger partial charge in [0.05, 0.1) is 6.54 Å². The Morgan fingerprint density at radius 2 is 2.05 bits per heavy atom. The molecule has 0 spiro atoms. The van der Waals surface area contributed by atoms with Crippen LogP contribution in [0.3, 0.4) is 0 Å². The van der Waals surface area contributed by atoms with Gasteiger partial charge < -0.3 is 9.73 Å². The molecule has 1 heterocycles. The second-order valence-corrected chi connectivity index (χ2v) is 6.05. The van der Waals surface area contributed by atoms with Crippen LogP contribution in [0.4, 0.5) is 0 Å². The molecule has 0 unspecified atom stereocenters. The maximum atomic E-state index is 6.08. The van der Waals surface area contributed by atoms with Gasteiger partial charge >= 0.3 is 0 Å². The van der Waals surface area contributed by atoms with Gasteiger partial charge in [0.2, 0.25) is 0 Å². The Kier molecular flexibility index (Phi) is 4.61. The van der Waals surface area contributed by atoms with Crippen LogP contribution in [0.2, 0.25) is 0 Å². The molecule has 1 aliphatic rings. The molecule has 0 amide bonds. The fourth-order valence-corrected chi connectivity index (χ4v) is 2.90. The van der Waals surface area contributed by atoms with E-state index in [2.05, 4.69) is 48.3 Å². The van der Waals surface area contributed by atoms with E-state index in [1.54, 1.807) is 0 Å². The van der Waals surface area contributed by atoms with Crippen molar-refractivity contribution in [2.75, 3.05) is 19.6 Å². The molecule has 0 saturated heterocycles. The zero-order chi connectivity index (χ0) is 14.7. The number of furan rings is 1. The zero-order valence-electron chi connectivity index (χ0n) is 13.2. The van der Waals surface area contributed by atoms with Crippen molar-refractivity contribution in [3.63, 3.8) is 0 Å². The van der Waals surface area contributed by atoms with Crippen molar-refractivity contribution >= 4 is 11.0 Å². The summed E-state index contributed by atoms with van der Waals surface area (Å²) in [7, 11) is 0. The first-order valence-electron chi connectivity index (χ1n) is 8.24. The Bertz CT molecular complexity index is 586. The highest BCUT2D eigenvalue weighted by atomic mass is 16.3. The normalized spacial score (nSPS) is 15.2. The molecule has 21 heavy (non-hydrogen) atoms. The minimum atomic E-state index is 0.821. The van der Waals surface area contributed by atoms with Crippen molar-refractivity contribution < 1.29 is 4.42 Å². The molecule has 2 aromatic rings. The lowest BCUT2D eigenvalue weighted by atomic mass is 10.1. The van der Waals surface area contributed by atoms with Gasteiger partial charge in [-0.25, -0.2) is 0 Å². The lowest BCUT2D eigenvalue weighted by molar-refractivity contribution is 0.266. The predicted molar refractivity (Wildman–Crippen MR) is 87.3 cm³/mol. The Hall–Kier alpha value is -1.32. The molecule has 3 heteroatoms. The minimum Gasteiger partial charge on any atom is -0.459 e. The van der Waals surface area contributed by atoms with Gasteiger partial charge in [0.15, 0.2) is 0 Å². The summed E-state index contributed by atoms with van der Waals surface area (Å²) in [4.78, 5) is 2.56. The van der Waals surface area contributed by atoms with Gasteiger partial charge in [-0.3, -0.25) is 4.90 Å². The summed E-state index contributed by atoms with van der Waals surface area (Å²) in [6.45, 7) is 9.53. The first-order valence-corrected chi connectivity index (χ1v) is 8.24. The van der Waals surface area contributed by atoms with Crippen molar-refractivity contribution in [2.45, 2.75) is 39.8 Å². The average molecular weight is 286 g/mol. The molecule has 0 radical (unpaired) electrons. The van der Waals surface area contributed by atoms with Crippen LogP contribution in [0.15, 0.2) is 28.7 Å². The standard InChI is InChI=1S/C18H26N2O/c1-3-19-11-18-16(13-20(4-2)12-14-9-10-14)15-7-5-6-8-17(15)21-18/h5-8,14,19H,3-4,9-13H2,1-2H3. The highest BCUT2D eigenvalue weighted by molar-refractivity contribution is 5.82. The number of rotatable bonds is 8. The van der Waals surface area contributed by atoms with Gasteiger partial charge in [-0.2, -0.15) is 0 Å². The highest BCUT2D eigenvalue weighted by Gasteiger charge is 2.25. The summed E-state index contributed by atoms with van der Waals surface area (Å²) >= 11 is 0. The molecule has 0 bridgehead atoms. The van der Waals surface area contributed by atoms with E-state index in [-0.39, 0.29) is 0 Å². The quantitative estimate of drug-likeness (QED) is 0.800. The third-order valence-electron chi connectivity index (χ3n) is 4.36. The van der Waals surface area contributed by atoms with Crippen LogP contribution >= 0.6 is 0 Å². The molecule has 114 valence electrons. The van der Waals surface area contributed by atoms with E-state index in [0.29, 0.717) is 0 Å². The Balaban J connectivity index is 1.85. The molecule has 0 aliphatic heterocycles. The first kappa shape index (κ1) is 14.6. The fraction of sp³-hybridized carbons (Fsp3) is 0.556. The number of hydrogen-bond acceptors (Lipinski definition) is 3. The largest absolute Gasteiger partial charge is 0.459 e. The summed E-state index contributed by atoms with van der Waals surface area (Å²) < 4.78 is 6.08. The minimum absolute atomic E-state index is 0.821. The average Bonchev–Trinajstić information content (AvgIpc) is 3.26. The lowest BCUT2D eigenvalue weighted by Gasteiger charge is -2.20. The van der Waals surface area contributed by atoms with Gasteiger partial charge in [0.25, 0.3) is 0 Å². The molecular weight excluding hydrogens is 260 g/mol.